The Morgan fingerprint density at radius 3 is 2.69 bits per heavy atom. The van der Waals surface area contributed by atoms with Crippen LogP contribution in [0.1, 0.15) is 52.9 Å². The van der Waals surface area contributed by atoms with Crippen molar-refractivity contribution in [3.8, 4) is 0 Å². The monoisotopic (exact) mass is 229 g/mol. The van der Waals surface area contributed by atoms with Gasteiger partial charge in [0.15, 0.2) is 0 Å². The normalized spacial score (nSPS) is 20.2. The van der Waals surface area contributed by atoms with Crippen LogP contribution in [0.2, 0.25) is 0 Å². The molecule has 0 bridgehead atoms. The molecule has 0 N–H and O–H groups in total. The zero-order valence-corrected chi connectivity index (χ0v) is 10.7. The van der Waals surface area contributed by atoms with Crippen LogP contribution in [-0.4, -0.2) is 29.2 Å². The van der Waals surface area contributed by atoms with Crippen molar-refractivity contribution in [3.63, 3.8) is 0 Å². The highest BCUT2D eigenvalue weighted by atomic mass is 19.2. The molecule has 1 aliphatic heterocycles. The minimum absolute atomic E-state index is 0.179. The summed E-state index contributed by atoms with van der Waals surface area (Å²) in [6.45, 7) is 7.29. The molecule has 1 rings (SSSR count). The summed E-state index contributed by atoms with van der Waals surface area (Å²) in [6, 6.07) is 0. The Hall–Kier alpha value is -0.800. The molecule has 0 saturated carbocycles. The quantitative estimate of drug-likeness (QED) is 0.492. The summed E-state index contributed by atoms with van der Waals surface area (Å²) >= 11 is 0. The van der Waals surface area contributed by atoms with Crippen molar-refractivity contribution in [2.45, 2.75) is 59.0 Å². The summed E-state index contributed by atoms with van der Waals surface area (Å²) in [5, 5.41) is 6.73. The lowest BCUT2D eigenvalue weighted by Gasteiger charge is -2.26. The fourth-order valence-corrected chi connectivity index (χ4v) is 1.95. The fraction of sp³-hybridized carbons (Fsp3) is 0.917. The smallest absolute Gasteiger partial charge is 0.149 e. The van der Waals surface area contributed by atoms with E-state index in [0.717, 1.165) is 24.5 Å². The standard InChI is InChI=1S/C12H24FN3/c1-4-5-6-7-8-16-12(9-11(2)3)15(13)10-14-16/h10-12H,4-9H2,1-3H3. The number of hydrogen-bond donors (Lipinski definition) is 0. The third-order valence-corrected chi connectivity index (χ3v) is 2.86. The summed E-state index contributed by atoms with van der Waals surface area (Å²) in [5.41, 5.74) is 0. The summed E-state index contributed by atoms with van der Waals surface area (Å²) in [4.78, 5) is 0. The van der Waals surface area contributed by atoms with Gasteiger partial charge in [-0.3, -0.25) is 5.01 Å². The van der Waals surface area contributed by atoms with Crippen LogP contribution in [0.4, 0.5) is 4.48 Å². The average molecular weight is 229 g/mol. The van der Waals surface area contributed by atoms with Gasteiger partial charge in [-0.25, -0.2) is 0 Å². The van der Waals surface area contributed by atoms with Gasteiger partial charge in [0.2, 0.25) is 0 Å². The van der Waals surface area contributed by atoms with E-state index in [9.17, 15) is 4.48 Å². The third-order valence-electron chi connectivity index (χ3n) is 2.86. The van der Waals surface area contributed by atoms with Crippen LogP contribution in [0.25, 0.3) is 0 Å². The molecular formula is C12H24FN3. The number of hydrogen-bond acceptors (Lipinski definition) is 3. The van der Waals surface area contributed by atoms with E-state index in [1.807, 2.05) is 5.01 Å². The summed E-state index contributed by atoms with van der Waals surface area (Å²) in [7, 11) is 0. The zero-order chi connectivity index (χ0) is 12.0. The van der Waals surface area contributed by atoms with Crippen molar-refractivity contribution in [1.29, 1.82) is 0 Å². The van der Waals surface area contributed by atoms with Gasteiger partial charge in [-0.2, -0.15) is 10.2 Å². The Morgan fingerprint density at radius 2 is 2.06 bits per heavy atom. The Labute approximate surface area is 98.2 Å². The number of halogens is 1. The Morgan fingerprint density at radius 1 is 1.31 bits per heavy atom. The minimum Gasteiger partial charge on any atom is -0.270 e. The van der Waals surface area contributed by atoms with Crippen LogP contribution in [0.3, 0.4) is 0 Å². The second-order valence-electron chi connectivity index (χ2n) is 4.91. The lowest BCUT2D eigenvalue weighted by atomic mass is 10.1. The van der Waals surface area contributed by atoms with Gasteiger partial charge in [-0.05, 0) is 18.8 Å². The predicted molar refractivity (Wildman–Crippen MR) is 65.5 cm³/mol. The molecule has 1 heterocycles. The van der Waals surface area contributed by atoms with E-state index in [0.29, 0.717) is 5.92 Å². The average Bonchev–Trinajstić information content (AvgIpc) is 2.56. The van der Waals surface area contributed by atoms with Gasteiger partial charge in [0.25, 0.3) is 0 Å². The second kappa shape index (κ2) is 6.71. The van der Waals surface area contributed by atoms with E-state index < -0.39 is 0 Å². The van der Waals surface area contributed by atoms with Crippen molar-refractivity contribution < 1.29 is 4.48 Å². The van der Waals surface area contributed by atoms with Gasteiger partial charge in [-0.1, -0.05) is 44.5 Å². The van der Waals surface area contributed by atoms with Gasteiger partial charge < -0.3 is 0 Å². The van der Waals surface area contributed by atoms with Gasteiger partial charge >= 0.3 is 0 Å². The van der Waals surface area contributed by atoms with E-state index in [4.69, 9.17) is 0 Å². The maximum Gasteiger partial charge on any atom is 0.149 e. The molecule has 0 fully saturated rings. The van der Waals surface area contributed by atoms with Crippen LogP contribution in [0.15, 0.2) is 5.10 Å². The number of unbranched alkanes of at least 4 members (excludes halogenated alkanes) is 3. The molecule has 0 aromatic carbocycles. The van der Waals surface area contributed by atoms with Crippen molar-refractivity contribution in [2.75, 3.05) is 6.54 Å². The first kappa shape index (κ1) is 13.3. The topological polar surface area (TPSA) is 18.8 Å². The maximum absolute atomic E-state index is 13.4. The minimum atomic E-state index is -0.179. The van der Waals surface area contributed by atoms with E-state index in [-0.39, 0.29) is 6.17 Å². The predicted octanol–water partition coefficient (Wildman–Crippen LogP) is 3.38. The van der Waals surface area contributed by atoms with E-state index >= 15 is 0 Å². The van der Waals surface area contributed by atoms with Crippen molar-refractivity contribution in [3.05, 3.63) is 0 Å². The molecule has 4 heteroatoms. The molecule has 0 spiro atoms. The first-order valence-corrected chi connectivity index (χ1v) is 6.40. The molecule has 94 valence electrons. The Balaban J connectivity index is 2.30. The molecule has 0 aliphatic carbocycles. The molecule has 0 saturated heterocycles. The van der Waals surface area contributed by atoms with E-state index in [2.05, 4.69) is 25.9 Å². The number of nitrogens with zero attached hydrogens (tertiary/aromatic N) is 3. The highest BCUT2D eigenvalue weighted by Gasteiger charge is 2.28. The van der Waals surface area contributed by atoms with Crippen LogP contribution < -0.4 is 0 Å². The first-order chi connectivity index (χ1) is 7.65. The van der Waals surface area contributed by atoms with E-state index in [1.165, 1.54) is 25.6 Å². The second-order valence-corrected chi connectivity index (χ2v) is 4.91. The van der Waals surface area contributed by atoms with E-state index in [1.54, 1.807) is 0 Å². The molecule has 1 unspecified atom stereocenters. The van der Waals surface area contributed by atoms with Crippen molar-refractivity contribution in [1.82, 2.24) is 10.1 Å². The lowest BCUT2D eigenvalue weighted by molar-refractivity contribution is -0.00709. The van der Waals surface area contributed by atoms with Gasteiger partial charge in [0.05, 0.1) is 0 Å². The summed E-state index contributed by atoms with van der Waals surface area (Å²) < 4.78 is 13.4. The lowest BCUT2D eigenvalue weighted by Crippen LogP contribution is -2.37. The molecule has 1 aliphatic rings. The Kier molecular flexibility index (Phi) is 5.56. The highest BCUT2D eigenvalue weighted by Crippen LogP contribution is 2.20. The molecule has 0 radical (unpaired) electrons. The molecule has 16 heavy (non-hydrogen) atoms. The third kappa shape index (κ3) is 3.99. The molecule has 3 nitrogen and oxygen atoms in total. The number of rotatable bonds is 7. The van der Waals surface area contributed by atoms with Crippen molar-refractivity contribution in [2.24, 2.45) is 11.0 Å². The summed E-state index contributed by atoms with van der Waals surface area (Å²) in [5.74, 6) is 0.489. The Bertz CT molecular complexity index is 218. The van der Waals surface area contributed by atoms with Crippen LogP contribution in [0.5, 0.6) is 0 Å². The molecule has 0 aromatic rings. The maximum atomic E-state index is 13.4. The SMILES string of the molecule is CCCCCCN1N=CN(F)C1CC(C)C. The van der Waals surface area contributed by atoms with Gasteiger partial charge in [0.1, 0.15) is 12.5 Å². The molecular weight excluding hydrogens is 205 g/mol. The van der Waals surface area contributed by atoms with Crippen LogP contribution in [-0.2, 0) is 0 Å². The molecule has 0 aromatic heterocycles. The first-order valence-electron chi connectivity index (χ1n) is 6.40. The zero-order valence-electron chi connectivity index (χ0n) is 10.7. The molecule has 0 amide bonds. The molecule has 1 atom stereocenters. The number of hydrazone groups is 1. The van der Waals surface area contributed by atoms with Crippen molar-refractivity contribution >= 4 is 6.34 Å². The van der Waals surface area contributed by atoms with Gasteiger partial charge in [0, 0.05) is 6.54 Å². The highest BCUT2D eigenvalue weighted by molar-refractivity contribution is 5.55. The van der Waals surface area contributed by atoms with Gasteiger partial charge in [-0.15, -0.1) is 0 Å². The van der Waals surface area contributed by atoms with Crippen LogP contribution >= 0.6 is 0 Å². The largest absolute Gasteiger partial charge is 0.270 e. The fourth-order valence-electron chi connectivity index (χ4n) is 1.95. The summed E-state index contributed by atoms with van der Waals surface area (Å²) in [6.07, 6.45) is 6.75. The van der Waals surface area contributed by atoms with Crippen LogP contribution in [0, 0.1) is 5.92 Å².